The first-order valence-electron chi connectivity index (χ1n) is 5.23. The average Bonchev–Trinajstić information content (AvgIpc) is 2.64. The van der Waals surface area contributed by atoms with Crippen molar-refractivity contribution in [1.29, 1.82) is 0 Å². The van der Waals surface area contributed by atoms with Gasteiger partial charge in [-0.3, -0.25) is 4.72 Å². The van der Waals surface area contributed by atoms with Crippen molar-refractivity contribution in [2.24, 2.45) is 7.05 Å². The van der Waals surface area contributed by atoms with E-state index in [0.29, 0.717) is 10.3 Å². The van der Waals surface area contributed by atoms with Crippen molar-refractivity contribution in [3.63, 3.8) is 0 Å². The first-order chi connectivity index (χ1) is 8.81. The number of pyridine rings is 1. The van der Waals surface area contributed by atoms with Crippen LogP contribution in [0.25, 0.3) is 0 Å². The number of nitrogens with zero attached hydrogens (tertiary/aromatic N) is 3. The third-order valence-corrected chi connectivity index (χ3v) is 4.77. The zero-order chi connectivity index (χ0) is 14.2. The molecule has 0 aliphatic heterocycles. The van der Waals surface area contributed by atoms with Gasteiger partial charge in [-0.2, -0.15) is 8.42 Å². The van der Waals surface area contributed by atoms with Gasteiger partial charge in [0.15, 0.2) is 10.8 Å². The lowest BCUT2D eigenvalue weighted by atomic mass is 10.3. The lowest BCUT2D eigenvalue weighted by molar-refractivity contribution is 0.592. The molecule has 19 heavy (non-hydrogen) atoms. The van der Waals surface area contributed by atoms with Gasteiger partial charge in [0.05, 0.1) is 18.2 Å². The number of aromatic nitrogens is 3. The Balaban J connectivity index is 2.39. The van der Waals surface area contributed by atoms with Gasteiger partial charge in [0.2, 0.25) is 0 Å². The van der Waals surface area contributed by atoms with Crippen LogP contribution in [-0.2, 0) is 17.1 Å². The third kappa shape index (κ3) is 2.71. The lowest BCUT2D eigenvalue weighted by Gasteiger charge is -2.09. The van der Waals surface area contributed by atoms with Crippen molar-refractivity contribution in [2.75, 3.05) is 10.5 Å². The third-order valence-electron chi connectivity index (χ3n) is 2.43. The molecule has 0 saturated carbocycles. The molecule has 0 saturated heterocycles. The molecule has 7 nitrogen and oxygen atoms in total. The van der Waals surface area contributed by atoms with Gasteiger partial charge in [-0.15, -0.1) is 0 Å². The second-order valence-corrected chi connectivity index (χ2v) is 6.33. The van der Waals surface area contributed by atoms with Crippen molar-refractivity contribution in [1.82, 2.24) is 14.5 Å². The molecule has 0 aliphatic rings. The number of imidazole rings is 1. The van der Waals surface area contributed by atoms with Crippen molar-refractivity contribution >= 4 is 37.5 Å². The van der Waals surface area contributed by atoms with Crippen LogP contribution in [0.15, 0.2) is 28.2 Å². The number of hydrogen-bond donors (Lipinski definition) is 2. The lowest BCUT2D eigenvalue weighted by Crippen LogP contribution is -2.17. The van der Waals surface area contributed by atoms with Crippen LogP contribution in [0, 0.1) is 6.92 Å². The Morgan fingerprint density at radius 2 is 2.11 bits per heavy atom. The molecule has 0 radical (unpaired) electrons. The van der Waals surface area contributed by atoms with E-state index in [1.165, 1.54) is 17.1 Å². The number of rotatable bonds is 3. The van der Waals surface area contributed by atoms with Crippen molar-refractivity contribution in [2.45, 2.75) is 11.9 Å². The highest BCUT2D eigenvalue weighted by Crippen LogP contribution is 2.22. The Morgan fingerprint density at radius 3 is 2.63 bits per heavy atom. The molecular formula is C10H12BrN5O2S. The number of nitrogen functional groups attached to an aromatic ring is 1. The van der Waals surface area contributed by atoms with Crippen LogP contribution in [-0.4, -0.2) is 23.0 Å². The fourth-order valence-electron chi connectivity index (χ4n) is 1.58. The van der Waals surface area contributed by atoms with Crippen LogP contribution in [0.3, 0.4) is 0 Å². The van der Waals surface area contributed by atoms with Gasteiger partial charge in [-0.05, 0) is 34.5 Å². The summed E-state index contributed by atoms with van der Waals surface area (Å²) in [6.45, 7) is 1.81. The molecule has 9 heteroatoms. The van der Waals surface area contributed by atoms with Gasteiger partial charge in [-0.1, -0.05) is 0 Å². The van der Waals surface area contributed by atoms with E-state index in [-0.39, 0.29) is 10.8 Å². The summed E-state index contributed by atoms with van der Waals surface area (Å²) in [5.74, 6) is -0.0446. The molecule has 3 N–H and O–H groups in total. The molecule has 0 fully saturated rings. The van der Waals surface area contributed by atoms with Crippen LogP contribution in [0.4, 0.5) is 11.5 Å². The molecule has 0 unspecified atom stereocenters. The molecule has 0 atom stereocenters. The molecule has 0 amide bonds. The summed E-state index contributed by atoms with van der Waals surface area (Å²) in [6, 6.07) is 1.67. The van der Waals surface area contributed by atoms with Gasteiger partial charge >= 0.3 is 0 Å². The van der Waals surface area contributed by atoms with Crippen molar-refractivity contribution in [3.05, 3.63) is 28.8 Å². The summed E-state index contributed by atoms with van der Waals surface area (Å²) in [5.41, 5.74) is 6.74. The highest BCUT2D eigenvalue weighted by Gasteiger charge is 2.22. The smallest absolute Gasteiger partial charge is 0.281 e. The second kappa shape index (κ2) is 4.82. The topological polar surface area (TPSA) is 103 Å². The van der Waals surface area contributed by atoms with Gasteiger partial charge in [0, 0.05) is 7.05 Å². The standard InChI is InChI=1S/C10H12BrN5O2S/c1-6-3-7(4-13-8(6)11)15-19(17,18)10-9(12)14-5-16(10)2/h3-5,15H,12H2,1-2H3. The molecule has 2 aromatic rings. The SMILES string of the molecule is Cc1cc(NS(=O)(=O)c2c(N)ncn2C)cnc1Br. The van der Waals surface area contributed by atoms with Crippen molar-refractivity contribution in [3.8, 4) is 0 Å². The van der Waals surface area contributed by atoms with E-state index >= 15 is 0 Å². The van der Waals surface area contributed by atoms with E-state index in [1.54, 1.807) is 13.1 Å². The van der Waals surface area contributed by atoms with Crippen molar-refractivity contribution < 1.29 is 8.42 Å². The van der Waals surface area contributed by atoms with Crippen LogP contribution in [0.5, 0.6) is 0 Å². The first-order valence-corrected chi connectivity index (χ1v) is 7.50. The Hall–Kier alpha value is -1.61. The number of sulfonamides is 1. The minimum Gasteiger partial charge on any atom is -0.381 e. The predicted octanol–water partition coefficient (Wildman–Crippen LogP) is 1.27. The summed E-state index contributed by atoms with van der Waals surface area (Å²) < 4.78 is 28.8. The Morgan fingerprint density at radius 1 is 1.42 bits per heavy atom. The predicted molar refractivity (Wildman–Crippen MR) is 75.1 cm³/mol. The summed E-state index contributed by atoms with van der Waals surface area (Å²) in [6.07, 6.45) is 2.76. The zero-order valence-corrected chi connectivity index (χ0v) is 12.7. The molecule has 2 heterocycles. The van der Waals surface area contributed by atoms with E-state index in [0.717, 1.165) is 5.56 Å². The summed E-state index contributed by atoms with van der Waals surface area (Å²) in [7, 11) is -2.23. The van der Waals surface area contributed by atoms with Crippen LogP contribution in [0.1, 0.15) is 5.56 Å². The maximum Gasteiger partial charge on any atom is 0.281 e. The van der Waals surface area contributed by atoms with Gasteiger partial charge in [-0.25, -0.2) is 9.97 Å². The molecule has 0 aromatic carbocycles. The van der Waals surface area contributed by atoms with Gasteiger partial charge < -0.3 is 10.3 Å². The fraction of sp³-hybridized carbons (Fsp3) is 0.200. The van der Waals surface area contributed by atoms with E-state index in [2.05, 4.69) is 30.6 Å². The monoisotopic (exact) mass is 345 g/mol. The number of anilines is 2. The number of nitrogens with one attached hydrogen (secondary N) is 1. The largest absolute Gasteiger partial charge is 0.381 e. The molecule has 0 spiro atoms. The molecule has 0 bridgehead atoms. The van der Waals surface area contributed by atoms with E-state index in [4.69, 9.17) is 5.73 Å². The fourth-order valence-corrected chi connectivity index (χ4v) is 3.07. The molecule has 2 rings (SSSR count). The maximum absolute atomic E-state index is 12.2. The minimum absolute atomic E-state index is 0.0446. The molecule has 102 valence electrons. The quantitative estimate of drug-likeness (QED) is 0.815. The highest BCUT2D eigenvalue weighted by molar-refractivity contribution is 9.10. The Bertz CT molecular complexity index is 706. The zero-order valence-electron chi connectivity index (χ0n) is 10.3. The van der Waals surface area contributed by atoms with E-state index in [9.17, 15) is 8.42 Å². The van der Waals surface area contributed by atoms with Gasteiger partial charge in [0.25, 0.3) is 10.0 Å². The van der Waals surface area contributed by atoms with Gasteiger partial charge in [0.1, 0.15) is 4.60 Å². The van der Waals surface area contributed by atoms with Crippen LogP contribution >= 0.6 is 15.9 Å². The number of nitrogens with two attached hydrogens (primary N) is 1. The molecular weight excluding hydrogens is 334 g/mol. The Labute approximate surface area is 119 Å². The number of halogens is 1. The highest BCUT2D eigenvalue weighted by atomic mass is 79.9. The second-order valence-electron chi connectivity index (χ2n) is 3.98. The molecule has 0 aliphatic carbocycles. The molecule has 2 aromatic heterocycles. The number of hydrogen-bond acceptors (Lipinski definition) is 5. The van der Waals surface area contributed by atoms with Crippen LogP contribution in [0.2, 0.25) is 0 Å². The maximum atomic E-state index is 12.2. The normalized spacial score (nSPS) is 11.5. The first kappa shape index (κ1) is 13.8. The average molecular weight is 346 g/mol. The number of aryl methyl sites for hydroxylation is 2. The minimum atomic E-state index is -3.79. The van der Waals surface area contributed by atoms with E-state index < -0.39 is 10.0 Å². The summed E-state index contributed by atoms with van der Waals surface area (Å²) in [5, 5.41) is -0.0759. The van der Waals surface area contributed by atoms with Crippen LogP contribution < -0.4 is 10.5 Å². The summed E-state index contributed by atoms with van der Waals surface area (Å²) in [4.78, 5) is 7.78. The summed E-state index contributed by atoms with van der Waals surface area (Å²) >= 11 is 3.25. The Kier molecular flexibility index (Phi) is 3.50. The van der Waals surface area contributed by atoms with E-state index in [1.807, 2.05) is 6.92 Å².